The van der Waals surface area contributed by atoms with E-state index >= 15 is 0 Å². The molecule has 0 spiro atoms. The van der Waals surface area contributed by atoms with Crippen LogP contribution in [0.15, 0.2) is 53.2 Å². The maximum absolute atomic E-state index is 5.93. The van der Waals surface area contributed by atoms with Gasteiger partial charge in [-0.1, -0.05) is 47.8 Å². The fraction of sp³-hybridized carbons (Fsp3) is 0.409. The van der Waals surface area contributed by atoms with E-state index in [1.807, 2.05) is 32.9 Å². The lowest BCUT2D eigenvalue weighted by atomic mass is 10.1. The van der Waals surface area contributed by atoms with Gasteiger partial charge in [-0.2, -0.15) is 0 Å². The van der Waals surface area contributed by atoms with Crippen molar-refractivity contribution in [1.82, 2.24) is 9.97 Å². The average Bonchev–Trinajstić information content (AvgIpc) is 2.71. The maximum atomic E-state index is 5.93. The van der Waals surface area contributed by atoms with Gasteiger partial charge >= 0.3 is 0 Å². The third kappa shape index (κ3) is 9.13. The highest BCUT2D eigenvalue weighted by atomic mass is 79.9. The molecule has 0 fully saturated rings. The van der Waals surface area contributed by atoms with Gasteiger partial charge in [-0.25, -0.2) is 9.97 Å². The smallest absolute Gasteiger partial charge is 0.216 e. The van der Waals surface area contributed by atoms with Gasteiger partial charge in [0.25, 0.3) is 0 Å². The van der Waals surface area contributed by atoms with E-state index in [1.54, 1.807) is 13.2 Å². The molecule has 28 heavy (non-hydrogen) atoms. The normalized spacial score (nSPS) is 10.6. The Morgan fingerprint density at radius 1 is 1.21 bits per heavy atom. The molecular weight excluding hydrogens is 416 g/mol. The minimum atomic E-state index is -0.352. The zero-order chi connectivity index (χ0) is 20.1. The summed E-state index contributed by atoms with van der Waals surface area (Å²) in [6, 6.07) is 8.15. The molecule has 1 heterocycles. The number of ether oxygens (including phenoxy) is 1. The highest BCUT2D eigenvalue weighted by Crippen LogP contribution is 2.23. The SMILES string of the molecule is C.C.C=C.CC.CCc1ccc(C(=NC)OC(C)c2nc(Br)cnc2N)cc1. The molecule has 0 aliphatic carbocycles. The van der Waals surface area contributed by atoms with Crippen molar-refractivity contribution in [3.05, 3.63) is 65.0 Å². The zero-order valence-electron chi connectivity index (χ0n) is 16.3. The topological polar surface area (TPSA) is 73.4 Å². The lowest BCUT2D eigenvalue weighted by Crippen LogP contribution is -2.14. The predicted molar refractivity (Wildman–Crippen MR) is 128 cm³/mol. The number of aryl methyl sites for hydroxylation is 1. The highest BCUT2D eigenvalue weighted by Gasteiger charge is 2.17. The molecule has 2 rings (SSSR count). The fourth-order valence-electron chi connectivity index (χ4n) is 2.05. The van der Waals surface area contributed by atoms with Crippen molar-refractivity contribution in [3.8, 4) is 0 Å². The molecule has 0 bridgehead atoms. The summed E-state index contributed by atoms with van der Waals surface area (Å²) in [5.41, 5.74) is 8.65. The summed E-state index contributed by atoms with van der Waals surface area (Å²) in [6.07, 6.45) is 2.21. The number of aromatic nitrogens is 2. The molecule has 5 nitrogen and oxygen atoms in total. The van der Waals surface area contributed by atoms with Gasteiger partial charge in [0.05, 0.1) is 6.20 Å². The number of halogens is 1. The molecule has 1 atom stereocenters. The van der Waals surface area contributed by atoms with Crippen molar-refractivity contribution < 1.29 is 4.74 Å². The molecule has 2 N–H and O–H groups in total. The molecule has 0 saturated heterocycles. The van der Waals surface area contributed by atoms with Crippen LogP contribution in [0.1, 0.15) is 65.5 Å². The monoisotopic (exact) mass is 452 g/mol. The van der Waals surface area contributed by atoms with Gasteiger partial charge in [0.2, 0.25) is 5.90 Å². The third-order valence-electron chi connectivity index (χ3n) is 3.29. The summed E-state index contributed by atoms with van der Waals surface area (Å²) >= 11 is 3.29. The van der Waals surface area contributed by atoms with Crippen LogP contribution in [-0.2, 0) is 11.2 Å². The molecule has 1 aromatic heterocycles. The van der Waals surface area contributed by atoms with Crippen LogP contribution in [0.5, 0.6) is 0 Å². The number of benzene rings is 1. The Morgan fingerprint density at radius 3 is 2.21 bits per heavy atom. The van der Waals surface area contributed by atoms with Gasteiger partial charge in [0.1, 0.15) is 22.2 Å². The molecule has 2 aromatic rings. The van der Waals surface area contributed by atoms with Crippen LogP contribution in [0.3, 0.4) is 0 Å². The van der Waals surface area contributed by atoms with E-state index in [2.05, 4.69) is 63.1 Å². The Morgan fingerprint density at radius 2 is 1.75 bits per heavy atom. The van der Waals surface area contributed by atoms with E-state index in [4.69, 9.17) is 10.5 Å². The molecule has 0 amide bonds. The molecule has 0 saturated carbocycles. The Hall–Kier alpha value is -2.21. The summed E-state index contributed by atoms with van der Waals surface area (Å²) in [6.45, 7) is 14.0. The Labute approximate surface area is 180 Å². The molecule has 158 valence electrons. The lowest BCUT2D eigenvalue weighted by Gasteiger charge is -2.17. The predicted octanol–water partition coefficient (Wildman–Crippen LogP) is 6.64. The second kappa shape index (κ2) is 16.9. The number of nitrogens with two attached hydrogens (primary N) is 1. The van der Waals surface area contributed by atoms with Crippen LogP contribution in [-0.4, -0.2) is 22.9 Å². The van der Waals surface area contributed by atoms with Gasteiger partial charge in [-0.15, -0.1) is 13.2 Å². The number of hydrogen-bond acceptors (Lipinski definition) is 5. The first kappa shape index (κ1) is 30.5. The zero-order valence-corrected chi connectivity index (χ0v) is 17.9. The minimum absolute atomic E-state index is 0. The van der Waals surface area contributed by atoms with E-state index in [1.165, 1.54) is 5.56 Å². The number of rotatable bonds is 4. The first-order chi connectivity index (χ1) is 12.5. The standard InChI is InChI=1S/C16H19BrN4O.C2H6.C2H4.2CH4/c1-4-11-5-7-12(8-6-11)16(19-3)22-10(2)14-15(18)20-9-13(17)21-14;2*1-2;;/h5-10H,4H2,1-3H3,(H2,18,20);1-2H3;1-2H2;2*1H4. The second-order valence-corrected chi connectivity index (χ2v) is 5.62. The van der Waals surface area contributed by atoms with E-state index in [0.717, 1.165) is 12.0 Å². The van der Waals surface area contributed by atoms with E-state index in [-0.39, 0.29) is 21.0 Å². The van der Waals surface area contributed by atoms with Crippen molar-refractivity contribution >= 4 is 27.6 Å². The fourth-order valence-corrected chi connectivity index (χ4v) is 2.34. The lowest BCUT2D eigenvalue weighted by molar-refractivity contribution is 0.208. The first-order valence-electron chi connectivity index (χ1n) is 8.55. The van der Waals surface area contributed by atoms with Gasteiger partial charge in [-0.05, 0) is 47.0 Å². The molecule has 0 aliphatic rings. The Bertz CT molecular complexity index is 687. The quantitative estimate of drug-likeness (QED) is 0.320. The third-order valence-corrected chi connectivity index (χ3v) is 3.67. The molecule has 6 heteroatoms. The Kier molecular flexibility index (Phi) is 18.4. The number of nitrogens with zero attached hydrogens (tertiary/aromatic N) is 3. The van der Waals surface area contributed by atoms with E-state index in [0.29, 0.717) is 22.0 Å². The van der Waals surface area contributed by atoms with Crippen LogP contribution < -0.4 is 5.73 Å². The molecule has 1 unspecified atom stereocenters. The summed E-state index contributed by atoms with van der Waals surface area (Å²) in [5, 5.41) is 0. The highest BCUT2D eigenvalue weighted by molar-refractivity contribution is 9.10. The van der Waals surface area contributed by atoms with Gasteiger partial charge in [0.15, 0.2) is 0 Å². The molecule has 1 aromatic carbocycles. The van der Waals surface area contributed by atoms with Gasteiger partial charge in [-0.3, -0.25) is 4.99 Å². The molecule has 0 radical (unpaired) electrons. The van der Waals surface area contributed by atoms with Crippen molar-refractivity contribution in [3.63, 3.8) is 0 Å². The van der Waals surface area contributed by atoms with Crippen molar-refractivity contribution in [1.29, 1.82) is 0 Å². The summed E-state index contributed by atoms with van der Waals surface area (Å²) < 4.78 is 6.55. The van der Waals surface area contributed by atoms with Crippen molar-refractivity contribution in [2.24, 2.45) is 4.99 Å². The largest absolute Gasteiger partial charge is 0.468 e. The second-order valence-electron chi connectivity index (χ2n) is 4.80. The van der Waals surface area contributed by atoms with Gasteiger partial charge in [0, 0.05) is 12.6 Å². The maximum Gasteiger partial charge on any atom is 0.216 e. The number of nitrogen functional groups attached to an aromatic ring is 1. The van der Waals surface area contributed by atoms with Crippen LogP contribution >= 0.6 is 15.9 Å². The summed E-state index contributed by atoms with van der Waals surface area (Å²) in [4.78, 5) is 12.6. The van der Waals surface area contributed by atoms with E-state index in [9.17, 15) is 0 Å². The summed E-state index contributed by atoms with van der Waals surface area (Å²) in [5.74, 6) is 0.906. The molecular formula is C22H37BrN4O. The number of anilines is 1. The van der Waals surface area contributed by atoms with Crippen LogP contribution in [0.25, 0.3) is 0 Å². The number of aliphatic imine (C=N–C) groups is 1. The summed E-state index contributed by atoms with van der Waals surface area (Å²) in [7, 11) is 1.70. The van der Waals surface area contributed by atoms with Crippen molar-refractivity contribution in [2.45, 2.75) is 55.1 Å². The van der Waals surface area contributed by atoms with Crippen LogP contribution in [0, 0.1) is 0 Å². The van der Waals surface area contributed by atoms with Crippen LogP contribution in [0.2, 0.25) is 0 Å². The first-order valence-corrected chi connectivity index (χ1v) is 9.35. The average molecular weight is 453 g/mol. The van der Waals surface area contributed by atoms with Gasteiger partial charge < -0.3 is 10.5 Å². The van der Waals surface area contributed by atoms with E-state index < -0.39 is 0 Å². The Balaban J connectivity index is -0.000000978. The minimum Gasteiger partial charge on any atom is -0.468 e. The van der Waals surface area contributed by atoms with Crippen LogP contribution in [0.4, 0.5) is 5.82 Å². The van der Waals surface area contributed by atoms with Crippen molar-refractivity contribution in [2.75, 3.05) is 12.8 Å². The molecule has 0 aliphatic heterocycles. The number of hydrogen-bond donors (Lipinski definition) is 1.